The number of methoxy groups -OCH3 is 1. The third-order valence-corrected chi connectivity index (χ3v) is 7.30. The highest BCUT2D eigenvalue weighted by atomic mass is 32.2. The number of thioether (sulfide) groups is 1. The molecule has 162 valence electrons. The molecule has 2 N–H and O–H groups in total. The lowest BCUT2D eigenvalue weighted by Gasteiger charge is -2.26. The van der Waals surface area contributed by atoms with E-state index in [0.29, 0.717) is 18.9 Å². The number of para-hydroxylation sites is 1. The van der Waals surface area contributed by atoms with Crippen LogP contribution in [-0.2, 0) is 19.6 Å². The standard InChI is InChI=1S/C20H25N3O5S2/c1-27-17-8-7-15(13-19(17)30(25,26)23-9-11-28-12-10-23)22-20(24)14-21-16-5-3-4-6-18(16)29-2/h3-8,13,21H,9-12,14H2,1-2H3,(H,22,24). The molecule has 2 aromatic rings. The lowest BCUT2D eigenvalue weighted by atomic mass is 10.3. The van der Waals surface area contributed by atoms with Gasteiger partial charge in [-0.2, -0.15) is 4.31 Å². The van der Waals surface area contributed by atoms with Gasteiger partial charge in [0.15, 0.2) is 0 Å². The third-order valence-electron chi connectivity index (χ3n) is 4.58. The second-order valence-corrected chi connectivity index (χ2v) is 9.24. The van der Waals surface area contributed by atoms with Crippen molar-refractivity contribution in [1.29, 1.82) is 0 Å². The topological polar surface area (TPSA) is 97.0 Å². The molecule has 1 heterocycles. The molecule has 0 bridgehead atoms. The van der Waals surface area contributed by atoms with Crippen LogP contribution >= 0.6 is 11.8 Å². The Bertz CT molecular complexity index is 992. The summed E-state index contributed by atoms with van der Waals surface area (Å²) >= 11 is 1.58. The van der Waals surface area contributed by atoms with Crippen LogP contribution in [0.5, 0.6) is 5.75 Å². The maximum atomic E-state index is 13.0. The van der Waals surface area contributed by atoms with Gasteiger partial charge in [0.25, 0.3) is 0 Å². The first kappa shape index (κ1) is 22.4. The average Bonchev–Trinajstić information content (AvgIpc) is 2.78. The Morgan fingerprint density at radius 2 is 1.93 bits per heavy atom. The number of carbonyl (C=O) groups is 1. The van der Waals surface area contributed by atoms with E-state index in [4.69, 9.17) is 9.47 Å². The molecule has 1 fully saturated rings. The number of nitrogens with one attached hydrogen (secondary N) is 2. The predicted molar refractivity (Wildman–Crippen MR) is 118 cm³/mol. The number of nitrogens with zero attached hydrogens (tertiary/aromatic N) is 1. The number of carbonyl (C=O) groups excluding carboxylic acids is 1. The third kappa shape index (κ3) is 5.25. The van der Waals surface area contributed by atoms with E-state index in [1.54, 1.807) is 23.9 Å². The number of morpholine rings is 1. The van der Waals surface area contributed by atoms with Gasteiger partial charge in [-0.25, -0.2) is 8.42 Å². The molecular weight excluding hydrogens is 426 g/mol. The second kappa shape index (κ2) is 10.2. The van der Waals surface area contributed by atoms with E-state index in [2.05, 4.69) is 10.6 Å². The number of amides is 1. The molecule has 10 heteroatoms. The lowest BCUT2D eigenvalue weighted by Crippen LogP contribution is -2.40. The second-order valence-electron chi connectivity index (χ2n) is 6.48. The Morgan fingerprint density at radius 1 is 1.20 bits per heavy atom. The van der Waals surface area contributed by atoms with Crippen LogP contribution in [0.15, 0.2) is 52.3 Å². The van der Waals surface area contributed by atoms with Crippen molar-refractivity contribution in [3.63, 3.8) is 0 Å². The van der Waals surface area contributed by atoms with Gasteiger partial charge in [-0.1, -0.05) is 12.1 Å². The van der Waals surface area contributed by atoms with Crippen LogP contribution in [0.3, 0.4) is 0 Å². The fourth-order valence-corrected chi connectivity index (χ4v) is 5.22. The van der Waals surface area contributed by atoms with E-state index in [1.165, 1.54) is 17.5 Å². The summed E-state index contributed by atoms with van der Waals surface area (Å²) in [5.74, 6) is -0.0580. The Labute approximate surface area is 181 Å². The van der Waals surface area contributed by atoms with Gasteiger partial charge in [-0.3, -0.25) is 4.79 Å². The van der Waals surface area contributed by atoms with E-state index in [1.807, 2.05) is 30.5 Å². The normalized spacial score (nSPS) is 14.9. The largest absolute Gasteiger partial charge is 0.495 e. The van der Waals surface area contributed by atoms with Crippen LogP contribution < -0.4 is 15.4 Å². The van der Waals surface area contributed by atoms with Gasteiger partial charge in [0.05, 0.1) is 26.9 Å². The highest BCUT2D eigenvalue weighted by molar-refractivity contribution is 7.98. The van der Waals surface area contributed by atoms with Gasteiger partial charge in [-0.05, 0) is 36.6 Å². The van der Waals surface area contributed by atoms with Crippen LogP contribution in [0.4, 0.5) is 11.4 Å². The summed E-state index contributed by atoms with van der Waals surface area (Å²) in [6.45, 7) is 1.30. The average molecular weight is 452 g/mol. The van der Waals surface area contributed by atoms with Crippen molar-refractivity contribution in [2.75, 3.05) is 56.8 Å². The first-order valence-electron chi connectivity index (χ1n) is 9.38. The number of hydrogen-bond acceptors (Lipinski definition) is 7. The van der Waals surface area contributed by atoms with Crippen molar-refractivity contribution in [2.45, 2.75) is 9.79 Å². The van der Waals surface area contributed by atoms with E-state index in [9.17, 15) is 13.2 Å². The number of rotatable bonds is 8. The summed E-state index contributed by atoms with van der Waals surface area (Å²) in [6, 6.07) is 12.3. The number of anilines is 2. The summed E-state index contributed by atoms with van der Waals surface area (Å²) in [5.41, 5.74) is 1.25. The fraction of sp³-hybridized carbons (Fsp3) is 0.350. The first-order valence-corrected chi connectivity index (χ1v) is 12.0. The molecule has 0 unspecified atom stereocenters. The molecule has 0 saturated carbocycles. The molecule has 0 aliphatic carbocycles. The molecule has 1 saturated heterocycles. The Kier molecular flexibility index (Phi) is 7.59. The van der Waals surface area contributed by atoms with Crippen LogP contribution in [0.25, 0.3) is 0 Å². The maximum absolute atomic E-state index is 13.0. The van der Waals surface area contributed by atoms with Crippen molar-refractivity contribution in [1.82, 2.24) is 4.31 Å². The van der Waals surface area contributed by atoms with Crippen molar-refractivity contribution in [3.05, 3.63) is 42.5 Å². The molecule has 1 amide bonds. The minimum Gasteiger partial charge on any atom is -0.495 e. The molecule has 0 atom stereocenters. The minimum atomic E-state index is -3.77. The molecule has 1 aliphatic heterocycles. The zero-order valence-electron chi connectivity index (χ0n) is 16.9. The van der Waals surface area contributed by atoms with E-state index < -0.39 is 10.0 Å². The molecule has 0 aromatic heterocycles. The van der Waals surface area contributed by atoms with Crippen LogP contribution in [0, 0.1) is 0 Å². The summed E-state index contributed by atoms with van der Waals surface area (Å²) in [5, 5.41) is 5.85. The van der Waals surface area contributed by atoms with Crippen LogP contribution in [0.1, 0.15) is 0 Å². The number of benzene rings is 2. The van der Waals surface area contributed by atoms with Gasteiger partial charge in [-0.15, -0.1) is 11.8 Å². The highest BCUT2D eigenvalue weighted by Gasteiger charge is 2.29. The monoisotopic (exact) mass is 451 g/mol. The highest BCUT2D eigenvalue weighted by Crippen LogP contribution is 2.30. The molecule has 30 heavy (non-hydrogen) atoms. The molecule has 8 nitrogen and oxygen atoms in total. The number of hydrogen-bond donors (Lipinski definition) is 2. The lowest BCUT2D eigenvalue weighted by molar-refractivity contribution is -0.114. The van der Waals surface area contributed by atoms with Crippen molar-refractivity contribution in [2.24, 2.45) is 0 Å². The van der Waals surface area contributed by atoms with Crippen molar-refractivity contribution < 1.29 is 22.7 Å². The SMILES string of the molecule is COc1ccc(NC(=O)CNc2ccccc2SC)cc1S(=O)(=O)N1CCOCC1. The fourth-order valence-electron chi connectivity index (χ4n) is 3.05. The smallest absolute Gasteiger partial charge is 0.246 e. The number of ether oxygens (including phenoxy) is 2. The molecule has 1 aliphatic rings. The van der Waals surface area contributed by atoms with Gasteiger partial charge < -0.3 is 20.1 Å². The summed E-state index contributed by atoms with van der Waals surface area (Å²) in [7, 11) is -2.35. The van der Waals surface area contributed by atoms with Gasteiger partial charge >= 0.3 is 0 Å². The van der Waals surface area contributed by atoms with E-state index in [-0.39, 0.29) is 36.2 Å². The Balaban J connectivity index is 1.73. The van der Waals surface area contributed by atoms with Gasteiger partial charge in [0, 0.05) is 29.4 Å². The summed E-state index contributed by atoms with van der Waals surface area (Å²) in [6.07, 6.45) is 1.97. The molecular formula is C20H25N3O5S2. The Hall–Kier alpha value is -2.27. The summed E-state index contributed by atoms with van der Waals surface area (Å²) in [4.78, 5) is 13.5. The quantitative estimate of drug-likeness (QED) is 0.595. The van der Waals surface area contributed by atoms with Gasteiger partial charge in [0.2, 0.25) is 15.9 Å². The van der Waals surface area contributed by atoms with E-state index in [0.717, 1.165) is 10.6 Å². The van der Waals surface area contributed by atoms with Crippen LogP contribution in [-0.4, -0.2) is 64.8 Å². The number of sulfonamides is 1. The molecule has 0 spiro atoms. The predicted octanol–water partition coefficient (Wildman–Crippen LogP) is 2.49. The van der Waals surface area contributed by atoms with Crippen molar-refractivity contribution >= 4 is 39.1 Å². The van der Waals surface area contributed by atoms with E-state index >= 15 is 0 Å². The molecule has 3 rings (SSSR count). The zero-order valence-corrected chi connectivity index (χ0v) is 18.5. The maximum Gasteiger partial charge on any atom is 0.246 e. The zero-order chi connectivity index (χ0) is 21.6. The molecule has 0 radical (unpaired) electrons. The minimum absolute atomic E-state index is 0.0189. The first-order chi connectivity index (χ1) is 14.5. The van der Waals surface area contributed by atoms with Crippen molar-refractivity contribution in [3.8, 4) is 5.75 Å². The van der Waals surface area contributed by atoms with Crippen LogP contribution in [0.2, 0.25) is 0 Å². The Morgan fingerprint density at radius 3 is 2.63 bits per heavy atom. The van der Waals surface area contributed by atoms with Gasteiger partial charge in [0.1, 0.15) is 10.6 Å². The summed E-state index contributed by atoms with van der Waals surface area (Å²) < 4.78 is 37.9. The molecule has 2 aromatic carbocycles.